The van der Waals surface area contributed by atoms with Gasteiger partial charge in [-0.1, -0.05) is 37.3 Å². The van der Waals surface area contributed by atoms with Crippen molar-refractivity contribution in [3.8, 4) is 0 Å². The van der Waals surface area contributed by atoms with E-state index < -0.39 is 29.1 Å². The summed E-state index contributed by atoms with van der Waals surface area (Å²) in [5.41, 5.74) is -3.01. The summed E-state index contributed by atoms with van der Waals surface area (Å²) in [4.78, 5) is 25.0. The molecular formula is C17H19NO5. The maximum Gasteiger partial charge on any atom is 0.278 e. The molecule has 1 unspecified atom stereocenters. The summed E-state index contributed by atoms with van der Waals surface area (Å²) in [6.07, 6.45) is -1.30. The van der Waals surface area contributed by atoms with E-state index in [-0.39, 0.29) is 6.42 Å². The number of benzene rings is 1. The standard InChI is InChI=1S/C17H19NO5/c1-3-12-10(2)13(19)17(23-12)14(20)16(22,18-15(17)21)9-11-7-5-4-6-8-11/h4-8,14,20,22H,3,9H2,1-2H3,(H,18,21)/t14-,16?,17-/m1/s1. The maximum absolute atomic E-state index is 12.5. The molecule has 1 amide bonds. The van der Waals surface area contributed by atoms with Gasteiger partial charge in [0.05, 0.1) is 0 Å². The molecule has 122 valence electrons. The van der Waals surface area contributed by atoms with Crippen LogP contribution in [0.15, 0.2) is 41.7 Å². The average molecular weight is 317 g/mol. The molecule has 1 aromatic carbocycles. The van der Waals surface area contributed by atoms with Gasteiger partial charge < -0.3 is 20.3 Å². The molecule has 1 saturated heterocycles. The second-order valence-electron chi connectivity index (χ2n) is 6.01. The number of allylic oxidation sites excluding steroid dienone is 1. The molecule has 1 aromatic rings. The molecule has 3 atom stereocenters. The van der Waals surface area contributed by atoms with Crippen molar-refractivity contribution in [2.75, 3.05) is 0 Å². The first-order valence-corrected chi connectivity index (χ1v) is 7.55. The van der Waals surface area contributed by atoms with E-state index in [0.717, 1.165) is 5.56 Å². The van der Waals surface area contributed by atoms with Gasteiger partial charge in [0.1, 0.15) is 5.76 Å². The molecule has 0 aliphatic carbocycles. The molecule has 6 heteroatoms. The number of amides is 1. The van der Waals surface area contributed by atoms with Crippen LogP contribution >= 0.6 is 0 Å². The summed E-state index contributed by atoms with van der Waals surface area (Å²) in [5, 5.41) is 23.7. The number of rotatable bonds is 3. The summed E-state index contributed by atoms with van der Waals surface area (Å²) < 4.78 is 5.55. The second kappa shape index (κ2) is 5.18. The minimum atomic E-state index is -2.08. The normalized spacial score (nSPS) is 33.3. The molecule has 0 bridgehead atoms. The SMILES string of the molecule is CCC1=C(C)C(=O)[C@]2(O1)C(=O)NC(O)(Cc1ccccc1)[C@H]2O. The molecule has 1 spiro atoms. The van der Waals surface area contributed by atoms with Crippen LogP contribution in [0.4, 0.5) is 0 Å². The van der Waals surface area contributed by atoms with Crippen molar-refractivity contribution >= 4 is 11.7 Å². The highest BCUT2D eigenvalue weighted by Gasteiger charge is 2.70. The third-order valence-electron chi connectivity index (χ3n) is 4.52. The number of Topliss-reactive ketones (excluding diaryl/α,β-unsaturated/α-hetero) is 1. The Bertz CT molecular complexity index is 698. The largest absolute Gasteiger partial charge is 0.470 e. The Kier molecular flexibility index (Phi) is 3.54. The minimum absolute atomic E-state index is 0.0281. The highest BCUT2D eigenvalue weighted by atomic mass is 16.5. The number of carbonyl (C=O) groups is 2. The predicted molar refractivity (Wildman–Crippen MR) is 81.1 cm³/mol. The summed E-state index contributed by atoms with van der Waals surface area (Å²) in [6.45, 7) is 3.35. The maximum atomic E-state index is 12.5. The van der Waals surface area contributed by atoms with Gasteiger partial charge in [-0.25, -0.2) is 0 Å². The Hall–Kier alpha value is -2.18. The zero-order chi connectivity index (χ0) is 16.8. The van der Waals surface area contributed by atoms with E-state index in [1.165, 1.54) is 0 Å². The lowest BCUT2D eigenvalue weighted by Crippen LogP contribution is -2.56. The number of carbonyl (C=O) groups excluding carboxylic acids is 2. The molecule has 3 N–H and O–H groups in total. The van der Waals surface area contributed by atoms with Gasteiger partial charge in [0, 0.05) is 18.4 Å². The molecule has 6 nitrogen and oxygen atoms in total. The number of nitrogens with one attached hydrogen (secondary N) is 1. The first kappa shape index (κ1) is 15.7. The summed E-state index contributed by atoms with van der Waals surface area (Å²) in [7, 11) is 0. The van der Waals surface area contributed by atoms with E-state index >= 15 is 0 Å². The second-order valence-corrected chi connectivity index (χ2v) is 6.01. The van der Waals surface area contributed by atoms with Gasteiger partial charge in [-0.2, -0.15) is 0 Å². The van der Waals surface area contributed by atoms with Crippen LogP contribution in [0.1, 0.15) is 25.8 Å². The van der Waals surface area contributed by atoms with Gasteiger partial charge in [0.2, 0.25) is 5.78 Å². The zero-order valence-corrected chi connectivity index (χ0v) is 13.0. The molecule has 0 saturated carbocycles. The van der Waals surface area contributed by atoms with Crippen molar-refractivity contribution in [2.45, 2.75) is 44.1 Å². The van der Waals surface area contributed by atoms with Crippen LogP contribution in [-0.2, 0) is 20.7 Å². The Morgan fingerprint density at radius 1 is 1.26 bits per heavy atom. The van der Waals surface area contributed by atoms with Gasteiger partial charge in [-0.05, 0) is 12.5 Å². The fourth-order valence-corrected chi connectivity index (χ4v) is 3.26. The van der Waals surface area contributed by atoms with Crippen molar-refractivity contribution in [3.05, 3.63) is 47.2 Å². The predicted octanol–water partition coefficient (Wildman–Crippen LogP) is 0.430. The monoisotopic (exact) mass is 317 g/mol. The van der Waals surface area contributed by atoms with E-state index in [0.29, 0.717) is 17.8 Å². The third kappa shape index (κ3) is 2.09. The van der Waals surface area contributed by atoms with Gasteiger partial charge in [-0.15, -0.1) is 0 Å². The van der Waals surface area contributed by atoms with Crippen LogP contribution in [0.25, 0.3) is 0 Å². The number of aliphatic hydroxyl groups excluding tert-OH is 1. The lowest BCUT2D eigenvalue weighted by molar-refractivity contribution is -0.162. The molecule has 0 radical (unpaired) electrons. The quantitative estimate of drug-likeness (QED) is 0.703. The van der Waals surface area contributed by atoms with Crippen LogP contribution in [0.5, 0.6) is 0 Å². The lowest BCUT2D eigenvalue weighted by atomic mass is 9.85. The van der Waals surface area contributed by atoms with Crippen molar-refractivity contribution < 1.29 is 24.5 Å². The summed E-state index contributed by atoms with van der Waals surface area (Å²) in [6, 6.07) is 8.93. The molecule has 1 fully saturated rings. The van der Waals surface area contributed by atoms with Crippen LogP contribution < -0.4 is 5.32 Å². The minimum Gasteiger partial charge on any atom is -0.470 e. The molecule has 2 heterocycles. The Morgan fingerprint density at radius 2 is 1.91 bits per heavy atom. The average Bonchev–Trinajstić information content (AvgIpc) is 2.89. The first-order chi connectivity index (χ1) is 10.8. The van der Waals surface area contributed by atoms with Crippen molar-refractivity contribution in [1.82, 2.24) is 5.32 Å². The van der Waals surface area contributed by atoms with E-state index in [2.05, 4.69) is 5.32 Å². The molecule has 23 heavy (non-hydrogen) atoms. The number of aliphatic hydroxyl groups is 2. The Balaban J connectivity index is 1.95. The Labute approximate surface area is 133 Å². The number of ether oxygens (including phenoxy) is 1. The van der Waals surface area contributed by atoms with Crippen LogP contribution in [0.2, 0.25) is 0 Å². The fourth-order valence-electron chi connectivity index (χ4n) is 3.26. The van der Waals surface area contributed by atoms with Crippen LogP contribution in [-0.4, -0.2) is 39.3 Å². The van der Waals surface area contributed by atoms with E-state index in [9.17, 15) is 19.8 Å². The van der Waals surface area contributed by atoms with E-state index in [1.54, 1.807) is 38.1 Å². The molecule has 2 aliphatic heterocycles. The lowest BCUT2D eigenvalue weighted by Gasteiger charge is -2.30. The third-order valence-corrected chi connectivity index (χ3v) is 4.52. The number of hydrogen-bond donors (Lipinski definition) is 3. The highest BCUT2D eigenvalue weighted by molar-refractivity contribution is 6.20. The fraction of sp³-hybridized carbons (Fsp3) is 0.412. The Morgan fingerprint density at radius 3 is 2.48 bits per heavy atom. The first-order valence-electron chi connectivity index (χ1n) is 7.55. The smallest absolute Gasteiger partial charge is 0.278 e. The topological polar surface area (TPSA) is 95.9 Å². The van der Waals surface area contributed by atoms with Crippen molar-refractivity contribution in [3.63, 3.8) is 0 Å². The molecule has 3 rings (SSSR count). The molecular weight excluding hydrogens is 298 g/mol. The van der Waals surface area contributed by atoms with Gasteiger partial charge in [0.25, 0.3) is 11.5 Å². The van der Waals surface area contributed by atoms with Crippen LogP contribution in [0.3, 0.4) is 0 Å². The summed E-state index contributed by atoms with van der Waals surface area (Å²) >= 11 is 0. The highest BCUT2D eigenvalue weighted by Crippen LogP contribution is 2.42. The van der Waals surface area contributed by atoms with E-state index in [4.69, 9.17) is 4.74 Å². The van der Waals surface area contributed by atoms with Crippen molar-refractivity contribution in [2.24, 2.45) is 0 Å². The van der Waals surface area contributed by atoms with E-state index in [1.807, 2.05) is 6.07 Å². The van der Waals surface area contributed by atoms with Gasteiger partial charge >= 0.3 is 0 Å². The number of ketones is 1. The number of hydrogen-bond acceptors (Lipinski definition) is 5. The zero-order valence-electron chi connectivity index (χ0n) is 13.0. The van der Waals surface area contributed by atoms with Gasteiger partial charge in [-0.3, -0.25) is 9.59 Å². The van der Waals surface area contributed by atoms with Crippen LogP contribution in [0, 0.1) is 0 Å². The molecule has 0 aromatic heterocycles. The summed E-state index contributed by atoms with van der Waals surface area (Å²) in [5.74, 6) is -1.03. The van der Waals surface area contributed by atoms with Crippen molar-refractivity contribution in [1.29, 1.82) is 0 Å². The molecule has 2 aliphatic rings. The van der Waals surface area contributed by atoms with Gasteiger partial charge in [0.15, 0.2) is 11.8 Å².